The molecule has 314 valence electrons. The van der Waals surface area contributed by atoms with Crippen molar-refractivity contribution >= 4 is 108 Å². The summed E-state index contributed by atoms with van der Waals surface area (Å²) < 4.78 is 9.66. The van der Waals surface area contributed by atoms with Crippen LogP contribution < -0.4 is 0 Å². The molecule has 0 aliphatic carbocycles. The molecule has 0 radical (unpaired) electrons. The highest BCUT2D eigenvalue weighted by molar-refractivity contribution is 6.24. The summed E-state index contributed by atoms with van der Waals surface area (Å²) in [6.07, 6.45) is 0. The highest BCUT2D eigenvalue weighted by atomic mass is 16.3. The number of furan rings is 1. The van der Waals surface area contributed by atoms with Gasteiger partial charge in [0.05, 0.1) is 22.3 Å². The Hall–Kier alpha value is -9.19. The Balaban J connectivity index is 1.01. The Morgan fingerprint density at radius 1 is 0.309 bits per heavy atom. The third-order valence-electron chi connectivity index (χ3n) is 14.1. The summed E-state index contributed by atoms with van der Waals surface area (Å²) in [5.41, 5.74) is 7.54. The van der Waals surface area contributed by atoms with Crippen LogP contribution in [0, 0.1) is 0 Å². The molecule has 0 saturated carbocycles. The molecule has 0 saturated heterocycles. The van der Waals surface area contributed by atoms with E-state index in [0.29, 0.717) is 17.5 Å². The summed E-state index contributed by atoms with van der Waals surface area (Å²) in [5.74, 6) is 1.75. The van der Waals surface area contributed by atoms with E-state index in [1.54, 1.807) is 0 Å². The van der Waals surface area contributed by atoms with Gasteiger partial charge in [-0.25, -0.2) is 15.0 Å². The number of fused-ring (bicyclic) bond motifs is 14. The molecule has 12 aromatic carbocycles. The third-order valence-corrected chi connectivity index (χ3v) is 14.1. The summed E-state index contributed by atoms with van der Waals surface area (Å²) in [5, 5.41) is 18.4. The van der Waals surface area contributed by atoms with Gasteiger partial charge in [-0.3, -0.25) is 0 Å². The zero-order chi connectivity index (χ0) is 44.5. The van der Waals surface area contributed by atoms with Crippen LogP contribution in [0.4, 0.5) is 0 Å². The molecule has 0 aliphatic rings. The number of aromatic nitrogens is 4. The average molecular weight is 865 g/mol. The number of para-hydroxylation sites is 1. The van der Waals surface area contributed by atoms with Crippen molar-refractivity contribution in [2.24, 2.45) is 0 Å². The lowest BCUT2D eigenvalue weighted by atomic mass is 9.96. The maximum Gasteiger partial charge on any atom is 0.167 e. The molecule has 0 bridgehead atoms. The molecule has 0 amide bonds. The molecule has 0 spiro atoms. The predicted octanol–water partition coefficient (Wildman–Crippen LogP) is 16.8. The van der Waals surface area contributed by atoms with E-state index in [1.807, 2.05) is 0 Å². The Kier molecular flexibility index (Phi) is 7.72. The summed E-state index contributed by atoms with van der Waals surface area (Å²) in [4.78, 5) is 16.0. The number of hydrogen-bond donors (Lipinski definition) is 0. The van der Waals surface area contributed by atoms with Crippen molar-refractivity contribution in [3.8, 4) is 39.9 Å². The number of hydrogen-bond acceptors (Lipinski definition) is 4. The Morgan fingerprint density at radius 3 is 1.51 bits per heavy atom. The SMILES string of the molecule is c1ccc2cc(-c3nc(-c4cc5ccccc5c5ccccc45)nc(-c4cccc5c4oc4cc(-n6c7cc8ccccc8cc7c7cc8ccccc8cc76)c6ccccc6c45)n3)ccc2c1. The van der Waals surface area contributed by atoms with Gasteiger partial charge in [0, 0.05) is 44.1 Å². The minimum absolute atomic E-state index is 0.547. The normalized spacial score (nSPS) is 12.1. The van der Waals surface area contributed by atoms with Crippen molar-refractivity contribution in [1.29, 1.82) is 0 Å². The smallest absolute Gasteiger partial charge is 0.167 e. The van der Waals surface area contributed by atoms with E-state index in [-0.39, 0.29) is 0 Å². The standard InChI is InChI=1S/C63H36N4O/c1-2-15-38-30-44(29-28-37(38)14-1)61-64-62(66-63(65-61)54-33-43-20-7-8-21-45(43)46-22-9-10-23-47(46)54)51-27-13-26-50-59-49-25-12-11-24-48(49)57(36-58(59)68-60(50)51)67-55-34-41-18-5-3-16-39(41)31-52(55)53-32-40-17-4-6-19-42(40)35-56(53)67/h1-36H. The maximum absolute atomic E-state index is 7.21. The van der Waals surface area contributed by atoms with Crippen molar-refractivity contribution in [2.75, 3.05) is 0 Å². The molecule has 3 aromatic heterocycles. The molecular formula is C63H36N4O. The molecule has 0 N–H and O–H groups in total. The molecule has 0 fully saturated rings. The van der Waals surface area contributed by atoms with Gasteiger partial charge in [-0.05, 0) is 102 Å². The fourth-order valence-corrected chi connectivity index (χ4v) is 11.0. The first-order valence-corrected chi connectivity index (χ1v) is 23.1. The monoisotopic (exact) mass is 864 g/mol. The highest BCUT2D eigenvalue weighted by Gasteiger charge is 2.23. The lowest BCUT2D eigenvalue weighted by Crippen LogP contribution is -2.01. The van der Waals surface area contributed by atoms with Crippen molar-refractivity contribution < 1.29 is 4.42 Å². The van der Waals surface area contributed by atoms with Gasteiger partial charge >= 0.3 is 0 Å². The number of nitrogens with zero attached hydrogens (tertiary/aromatic N) is 4. The number of rotatable bonds is 4. The first-order valence-electron chi connectivity index (χ1n) is 23.1. The van der Waals surface area contributed by atoms with Gasteiger partial charge in [-0.15, -0.1) is 0 Å². The van der Waals surface area contributed by atoms with E-state index >= 15 is 0 Å². The van der Waals surface area contributed by atoms with Gasteiger partial charge < -0.3 is 8.98 Å². The minimum Gasteiger partial charge on any atom is -0.455 e. The Morgan fingerprint density at radius 2 is 0.824 bits per heavy atom. The van der Waals surface area contributed by atoms with E-state index in [1.165, 1.54) is 37.7 Å². The first kappa shape index (κ1) is 37.1. The first-order chi connectivity index (χ1) is 33.7. The van der Waals surface area contributed by atoms with Crippen LogP contribution in [-0.2, 0) is 0 Å². The van der Waals surface area contributed by atoms with Crippen LogP contribution >= 0.6 is 0 Å². The van der Waals surface area contributed by atoms with Crippen LogP contribution in [0.15, 0.2) is 223 Å². The summed E-state index contributed by atoms with van der Waals surface area (Å²) in [7, 11) is 0. The van der Waals surface area contributed by atoms with Gasteiger partial charge in [0.2, 0.25) is 0 Å². The molecule has 15 aromatic rings. The molecule has 0 atom stereocenters. The van der Waals surface area contributed by atoms with Crippen LogP contribution in [0.2, 0.25) is 0 Å². The molecule has 0 aliphatic heterocycles. The van der Waals surface area contributed by atoms with Gasteiger partial charge in [0.1, 0.15) is 11.2 Å². The van der Waals surface area contributed by atoms with Crippen LogP contribution in [0.5, 0.6) is 0 Å². The lowest BCUT2D eigenvalue weighted by Gasteiger charge is -2.13. The molecule has 3 heterocycles. The van der Waals surface area contributed by atoms with E-state index in [9.17, 15) is 0 Å². The topological polar surface area (TPSA) is 56.7 Å². The van der Waals surface area contributed by atoms with Crippen molar-refractivity contribution in [2.45, 2.75) is 0 Å². The fraction of sp³-hybridized carbons (Fsp3) is 0. The maximum atomic E-state index is 7.21. The summed E-state index contributed by atoms with van der Waals surface area (Å²) in [6.45, 7) is 0. The van der Waals surface area contributed by atoms with Crippen molar-refractivity contribution in [1.82, 2.24) is 19.5 Å². The summed E-state index contributed by atoms with van der Waals surface area (Å²) >= 11 is 0. The van der Waals surface area contributed by atoms with Gasteiger partial charge in [0.15, 0.2) is 17.5 Å². The lowest BCUT2D eigenvalue weighted by molar-refractivity contribution is 0.669. The summed E-state index contributed by atoms with van der Waals surface area (Å²) in [6, 6.07) is 78.1. The van der Waals surface area contributed by atoms with Crippen LogP contribution in [0.1, 0.15) is 0 Å². The van der Waals surface area contributed by atoms with E-state index in [2.05, 4.69) is 223 Å². The largest absolute Gasteiger partial charge is 0.455 e. The van der Waals surface area contributed by atoms with Gasteiger partial charge in [-0.1, -0.05) is 170 Å². The molecule has 5 heteroatoms. The molecule has 5 nitrogen and oxygen atoms in total. The van der Waals surface area contributed by atoms with Crippen molar-refractivity contribution in [3.05, 3.63) is 218 Å². The van der Waals surface area contributed by atoms with Crippen LogP contribution in [0.3, 0.4) is 0 Å². The third kappa shape index (κ3) is 5.47. The van der Waals surface area contributed by atoms with Crippen molar-refractivity contribution in [3.63, 3.8) is 0 Å². The second-order valence-electron chi connectivity index (χ2n) is 17.9. The predicted molar refractivity (Wildman–Crippen MR) is 283 cm³/mol. The molecular weight excluding hydrogens is 829 g/mol. The zero-order valence-corrected chi connectivity index (χ0v) is 36.5. The average Bonchev–Trinajstić information content (AvgIpc) is 3.93. The quantitative estimate of drug-likeness (QED) is 0.165. The molecule has 0 unspecified atom stereocenters. The van der Waals surface area contributed by atoms with Gasteiger partial charge in [-0.2, -0.15) is 0 Å². The Bertz CT molecular complexity index is 4540. The van der Waals surface area contributed by atoms with E-state index < -0.39 is 0 Å². The number of benzene rings is 12. The molecule has 15 rings (SSSR count). The molecule has 68 heavy (non-hydrogen) atoms. The minimum atomic E-state index is 0.547. The van der Waals surface area contributed by atoms with Crippen LogP contribution in [-0.4, -0.2) is 19.5 Å². The van der Waals surface area contributed by atoms with E-state index in [4.69, 9.17) is 19.4 Å². The highest BCUT2D eigenvalue weighted by Crippen LogP contribution is 2.45. The van der Waals surface area contributed by atoms with Gasteiger partial charge in [0.25, 0.3) is 0 Å². The van der Waals surface area contributed by atoms with E-state index in [0.717, 1.165) is 93.1 Å². The Labute approximate surface area is 388 Å². The second kappa shape index (κ2) is 14.2. The zero-order valence-electron chi connectivity index (χ0n) is 36.5. The fourth-order valence-electron chi connectivity index (χ4n) is 11.0. The second-order valence-corrected chi connectivity index (χ2v) is 17.9. The van der Waals surface area contributed by atoms with Crippen LogP contribution in [0.25, 0.3) is 148 Å².